The van der Waals surface area contributed by atoms with E-state index in [1.54, 1.807) is 24.3 Å². The van der Waals surface area contributed by atoms with Crippen molar-refractivity contribution in [1.82, 2.24) is 5.32 Å². The summed E-state index contributed by atoms with van der Waals surface area (Å²) in [5.41, 5.74) is 1.02. The minimum absolute atomic E-state index is 0. The summed E-state index contributed by atoms with van der Waals surface area (Å²) < 4.78 is 38.3. The van der Waals surface area contributed by atoms with Gasteiger partial charge in [-0.25, -0.2) is 8.42 Å². The van der Waals surface area contributed by atoms with E-state index in [1.807, 2.05) is 0 Å². The molecule has 2 rings (SSSR count). The number of carbonyl (C=O) groups is 1. The van der Waals surface area contributed by atoms with Gasteiger partial charge in [0, 0.05) is 6.54 Å². The van der Waals surface area contributed by atoms with Gasteiger partial charge in [-0.3, -0.25) is 4.79 Å². The molecule has 0 heterocycles. The molecule has 1 N–H and O–H groups in total. The molecule has 2 aromatic rings. The van der Waals surface area contributed by atoms with Gasteiger partial charge in [0.1, 0.15) is 15.9 Å². The van der Waals surface area contributed by atoms with E-state index in [1.165, 1.54) is 30.3 Å². The van der Waals surface area contributed by atoms with E-state index in [4.69, 9.17) is 4.74 Å². The quantitative estimate of drug-likeness (QED) is 0.195. The van der Waals surface area contributed by atoms with Crippen LogP contribution in [0.4, 0.5) is 11.4 Å². The van der Waals surface area contributed by atoms with Crippen molar-refractivity contribution in [3.05, 3.63) is 61.2 Å². The molecule has 0 radical (unpaired) electrons. The number of carbonyl (C=O) groups excluding carboxylic acids is 1. The van der Waals surface area contributed by atoms with Gasteiger partial charge in [0.2, 0.25) is 5.91 Å². The van der Waals surface area contributed by atoms with Crippen molar-refractivity contribution in [3.63, 3.8) is 0 Å². The third kappa shape index (κ3) is 9.33. The maximum absolute atomic E-state index is 11.0. The van der Waals surface area contributed by atoms with Crippen molar-refractivity contribution in [1.29, 1.82) is 0 Å². The number of hydrogen-bond acceptors (Lipinski definition) is 7. The molecular formula is C19H20N3NaO5S. The first kappa shape index (κ1) is 25.0. The van der Waals surface area contributed by atoms with Crippen LogP contribution < -0.4 is 39.6 Å². The zero-order valence-corrected chi connectivity index (χ0v) is 18.9. The van der Waals surface area contributed by atoms with Crippen LogP contribution in [0.15, 0.2) is 76.3 Å². The number of unbranched alkanes of at least 4 members (excludes halogenated alkanes) is 1. The maximum atomic E-state index is 11.0. The van der Waals surface area contributed by atoms with E-state index >= 15 is 0 Å². The van der Waals surface area contributed by atoms with Crippen LogP contribution in [0.3, 0.4) is 0 Å². The smallest absolute Gasteiger partial charge is 0.744 e. The van der Waals surface area contributed by atoms with E-state index < -0.39 is 10.1 Å². The van der Waals surface area contributed by atoms with E-state index in [0.29, 0.717) is 30.3 Å². The molecule has 0 saturated heterocycles. The van der Waals surface area contributed by atoms with Crippen LogP contribution in [0.5, 0.6) is 5.75 Å². The van der Waals surface area contributed by atoms with Crippen molar-refractivity contribution in [2.45, 2.75) is 17.7 Å². The molecule has 0 aromatic heterocycles. The van der Waals surface area contributed by atoms with Gasteiger partial charge in [-0.05, 0) is 67.4 Å². The van der Waals surface area contributed by atoms with Gasteiger partial charge < -0.3 is 14.6 Å². The number of nitrogens with zero attached hydrogens (tertiary/aromatic N) is 2. The Morgan fingerprint density at radius 1 is 1.03 bits per heavy atom. The first-order chi connectivity index (χ1) is 13.4. The normalized spacial score (nSPS) is 10.9. The van der Waals surface area contributed by atoms with E-state index in [2.05, 4.69) is 22.1 Å². The first-order valence-corrected chi connectivity index (χ1v) is 9.90. The average Bonchev–Trinajstić information content (AvgIpc) is 2.69. The Labute approximate surface area is 192 Å². The summed E-state index contributed by atoms with van der Waals surface area (Å²) in [7, 11) is -4.47. The van der Waals surface area contributed by atoms with Crippen LogP contribution in [-0.4, -0.2) is 32.0 Å². The predicted octanol–water partition coefficient (Wildman–Crippen LogP) is 0.471. The van der Waals surface area contributed by atoms with Crippen molar-refractivity contribution in [3.8, 4) is 5.75 Å². The molecule has 0 aliphatic carbocycles. The largest absolute Gasteiger partial charge is 1.00 e. The molecule has 29 heavy (non-hydrogen) atoms. The maximum Gasteiger partial charge on any atom is 1.00 e. The van der Waals surface area contributed by atoms with Gasteiger partial charge in [0.15, 0.2) is 0 Å². The van der Waals surface area contributed by atoms with Crippen molar-refractivity contribution >= 4 is 27.4 Å². The van der Waals surface area contributed by atoms with Gasteiger partial charge in [0.05, 0.1) is 22.9 Å². The average molecular weight is 425 g/mol. The van der Waals surface area contributed by atoms with Crippen LogP contribution in [0.25, 0.3) is 0 Å². The van der Waals surface area contributed by atoms with Gasteiger partial charge in [-0.1, -0.05) is 6.58 Å². The van der Waals surface area contributed by atoms with Gasteiger partial charge in [0.25, 0.3) is 0 Å². The minimum atomic E-state index is -4.47. The summed E-state index contributed by atoms with van der Waals surface area (Å²) in [6.45, 7) is 4.49. The Morgan fingerprint density at radius 2 is 1.59 bits per heavy atom. The molecule has 0 spiro atoms. The number of azo groups is 1. The fraction of sp³-hybridized carbons (Fsp3) is 0.211. The zero-order chi connectivity index (χ0) is 20.4. The zero-order valence-electron chi connectivity index (χ0n) is 16.1. The fourth-order valence-corrected chi connectivity index (χ4v) is 2.57. The standard InChI is InChI=1S/C19H21N3O5S.Na/c1-2-19(23)20-13-3-4-14-27-17-9-5-15(6-10-17)21-22-16-7-11-18(12-8-16)28(24,25)26;/h2,5-12H,1,3-4,13-14H2,(H,20,23)(H,24,25,26);/q;+1/p-1. The van der Waals surface area contributed by atoms with Crippen LogP contribution in [0.2, 0.25) is 0 Å². The van der Waals surface area contributed by atoms with Crippen LogP contribution >= 0.6 is 0 Å². The molecule has 1 amide bonds. The van der Waals surface area contributed by atoms with Crippen molar-refractivity contribution in [2.24, 2.45) is 10.2 Å². The summed E-state index contributed by atoms with van der Waals surface area (Å²) in [6, 6.07) is 12.2. The Kier molecular flexibility index (Phi) is 10.8. The number of amides is 1. The number of ether oxygens (including phenoxy) is 1. The van der Waals surface area contributed by atoms with Gasteiger partial charge in [-0.2, -0.15) is 10.2 Å². The Bertz CT molecular complexity index is 929. The molecule has 2 aromatic carbocycles. The molecular weight excluding hydrogens is 405 g/mol. The van der Waals surface area contributed by atoms with Crippen molar-refractivity contribution in [2.75, 3.05) is 13.2 Å². The number of hydrogen-bond donors (Lipinski definition) is 1. The number of nitrogens with one attached hydrogen (secondary N) is 1. The molecule has 0 aliphatic heterocycles. The van der Waals surface area contributed by atoms with Crippen LogP contribution in [-0.2, 0) is 14.9 Å². The summed E-state index contributed by atoms with van der Waals surface area (Å²) in [5, 5.41) is 10.7. The first-order valence-electron chi connectivity index (χ1n) is 8.49. The minimum Gasteiger partial charge on any atom is -0.744 e. The molecule has 0 aliphatic rings. The molecule has 148 valence electrons. The number of rotatable bonds is 10. The molecule has 8 nitrogen and oxygen atoms in total. The topological polar surface area (TPSA) is 120 Å². The second kappa shape index (κ2) is 12.5. The van der Waals surface area contributed by atoms with E-state index in [0.717, 1.165) is 12.8 Å². The Balaban J connectivity index is 0.00000420. The molecule has 0 bridgehead atoms. The number of benzene rings is 2. The monoisotopic (exact) mass is 425 g/mol. The van der Waals surface area contributed by atoms with Crippen molar-refractivity contribution < 1.29 is 52.1 Å². The molecule has 0 fully saturated rings. The molecule has 0 unspecified atom stereocenters. The Hall–Kier alpha value is -2.04. The fourth-order valence-electron chi connectivity index (χ4n) is 2.10. The molecule has 0 atom stereocenters. The van der Waals surface area contributed by atoms with Gasteiger partial charge >= 0.3 is 29.6 Å². The third-order valence-electron chi connectivity index (χ3n) is 3.57. The van der Waals surface area contributed by atoms with Crippen LogP contribution in [0, 0.1) is 0 Å². The van der Waals surface area contributed by atoms with E-state index in [-0.39, 0.29) is 40.4 Å². The summed E-state index contributed by atoms with van der Waals surface area (Å²) >= 11 is 0. The second-order valence-corrected chi connectivity index (χ2v) is 7.07. The van der Waals surface area contributed by atoms with E-state index in [9.17, 15) is 17.8 Å². The molecule has 10 heteroatoms. The summed E-state index contributed by atoms with van der Waals surface area (Å²) in [6.07, 6.45) is 2.84. The SMILES string of the molecule is C=CC(=O)NCCCCOc1ccc(N=Nc2ccc(S(=O)(=O)[O-])cc2)cc1.[Na+]. The summed E-state index contributed by atoms with van der Waals surface area (Å²) in [5.74, 6) is 0.510. The third-order valence-corrected chi connectivity index (χ3v) is 4.42. The van der Waals surface area contributed by atoms with Gasteiger partial charge in [-0.15, -0.1) is 0 Å². The summed E-state index contributed by atoms with van der Waals surface area (Å²) in [4.78, 5) is 10.7. The predicted molar refractivity (Wildman–Crippen MR) is 103 cm³/mol. The van der Waals surface area contributed by atoms with Crippen LogP contribution in [0.1, 0.15) is 12.8 Å². The second-order valence-electron chi connectivity index (χ2n) is 5.69. The molecule has 0 saturated carbocycles. The Morgan fingerprint density at radius 3 is 2.10 bits per heavy atom.